The summed E-state index contributed by atoms with van der Waals surface area (Å²) < 4.78 is 13.5. The van der Waals surface area contributed by atoms with E-state index >= 15 is 0 Å². The van der Waals surface area contributed by atoms with E-state index in [1.807, 2.05) is 11.9 Å². The summed E-state index contributed by atoms with van der Waals surface area (Å²) in [5, 5.41) is 3.22. The van der Waals surface area contributed by atoms with Crippen LogP contribution in [0.2, 0.25) is 0 Å². The zero-order valence-electron chi connectivity index (χ0n) is 9.32. The van der Waals surface area contributed by atoms with E-state index in [4.69, 9.17) is 0 Å². The van der Waals surface area contributed by atoms with Gasteiger partial charge in [-0.05, 0) is 26.4 Å². The second-order valence-corrected chi connectivity index (χ2v) is 3.93. The molecule has 1 aliphatic heterocycles. The van der Waals surface area contributed by atoms with Crippen LogP contribution in [0, 0.1) is 0 Å². The molecule has 86 valence electrons. The molecule has 0 bridgehead atoms. The zero-order chi connectivity index (χ0) is 11.1. The third kappa shape index (κ3) is 4.53. The molecule has 1 heterocycles. The summed E-state index contributed by atoms with van der Waals surface area (Å²) in [6, 6.07) is 0.0123. The number of piperidine rings is 1. The molecule has 4 heteroatoms. The number of hydrogen-bond acceptors (Lipinski definition) is 3. The van der Waals surface area contributed by atoms with E-state index in [0.717, 1.165) is 25.9 Å². The van der Waals surface area contributed by atoms with Crippen LogP contribution in [-0.4, -0.2) is 50.0 Å². The Bertz CT molecular complexity index is 218. The summed E-state index contributed by atoms with van der Waals surface area (Å²) >= 11 is 0. The number of halogens is 1. The number of hydrogen-bond donors (Lipinski definition) is 1. The molecule has 1 saturated heterocycles. The first-order valence-electron chi connectivity index (χ1n) is 5.42. The first kappa shape index (κ1) is 12.3. The highest BCUT2D eigenvalue weighted by Gasteiger charge is 2.26. The Balaban J connectivity index is 2.15. The van der Waals surface area contributed by atoms with Crippen LogP contribution in [0.4, 0.5) is 4.39 Å². The fourth-order valence-electron chi connectivity index (χ4n) is 1.77. The van der Waals surface area contributed by atoms with E-state index in [1.165, 1.54) is 6.20 Å². The van der Waals surface area contributed by atoms with Gasteiger partial charge in [-0.1, -0.05) is 6.58 Å². The van der Waals surface area contributed by atoms with Crippen LogP contribution in [0.25, 0.3) is 0 Å². The molecule has 1 rings (SSSR count). The SMILES string of the molecule is C=C/N=C\CCNC1CCN(C)CC1F. The van der Waals surface area contributed by atoms with Crippen LogP contribution in [-0.2, 0) is 0 Å². The number of aliphatic imine (C=N–C) groups is 1. The predicted octanol–water partition coefficient (Wildman–Crippen LogP) is 1.22. The van der Waals surface area contributed by atoms with Crippen LogP contribution in [0.1, 0.15) is 12.8 Å². The van der Waals surface area contributed by atoms with Gasteiger partial charge < -0.3 is 10.2 Å². The number of rotatable bonds is 5. The van der Waals surface area contributed by atoms with Crippen molar-refractivity contribution in [2.24, 2.45) is 4.99 Å². The number of likely N-dealkylation sites (tertiary alicyclic amines) is 1. The lowest BCUT2D eigenvalue weighted by Gasteiger charge is -2.32. The molecule has 1 N–H and O–H groups in total. The Kier molecular flexibility index (Phi) is 5.50. The summed E-state index contributed by atoms with van der Waals surface area (Å²) in [6.45, 7) is 5.78. The van der Waals surface area contributed by atoms with E-state index in [9.17, 15) is 4.39 Å². The van der Waals surface area contributed by atoms with Gasteiger partial charge in [0.1, 0.15) is 6.17 Å². The smallest absolute Gasteiger partial charge is 0.128 e. The minimum atomic E-state index is -0.750. The van der Waals surface area contributed by atoms with Crippen LogP contribution in [0.3, 0.4) is 0 Å². The van der Waals surface area contributed by atoms with Gasteiger partial charge in [-0.3, -0.25) is 4.99 Å². The Hall–Kier alpha value is -0.740. The lowest BCUT2D eigenvalue weighted by atomic mass is 10.0. The molecule has 0 aliphatic carbocycles. The van der Waals surface area contributed by atoms with Gasteiger partial charge in [0.2, 0.25) is 0 Å². The van der Waals surface area contributed by atoms with Crippen LogP contribution < -0.4 is 5.32 Å². The highest BCUT2D eigenvalue weighted by molar-refractivity contribution is 5.58. The fraction of sp³-hybridized carbons (Fsp3) is 0.727. The summed E-state index contributed by atoms with van der Waals surface area (Å²) in [5.41, 5.74) is 0. The third-order valence-corrected chi connectivity index (χ3v) is 2.64. The molecule has 0 aromatic rings. The predicted molar refractivity (Wildman–Crippen MR) is 62.1 cm³/mol. The Morgan fingerprint density at radius 3 is 3.13 bits per heavy atom. The minimum absolute atomic E-state index is 0.0123. The standard InChI is InChI=1S/C11H20FN3/c1-3-13-6-4-7-14-11-5-8-15(2)9-10(11)12/h3,6,10-11,14H,1,4-5,7-9H2,2H3/b13-6-. The van der Waals surface area contributed by atoms with Crippen molar-refractivity contribution in [3.05, 3.63) is 12.8 Å². The Morgan fingerprint density at radius 1 is 1.67 bits per heavy atom. The Morgan fingerprint density at radius 2 is 2.47 bits per heavy atom. The Labute approximate surface area is 91.1 Å². The lowest BCUT2D eigenvalue weighted by Crippen LogP contribution is -2.49. The van der Waals surface area contributed by atoms with Crippen molar-refractivity contribution in [3.63, 3.8) is 0 Å². The van der Waals surface area contributed by atoms with Crippen molar-refractivity contribution in [1.82, 2.24) is 10.2 Å². The molecule has 3 nitrogen and oxygen atoms in total. The van der Waals surface area contributed by atoms with Crippen molar-refractivity contribution < 1.29 is 4.39 Å². The van der Waals surface area contributed by atoms with E-state index < -0.39 is 6.17 Å². The van der Waals surface area contributed by atoms with Crippen molar-refractivity contribution in [2.75, 3.05) is 26.7 Å². The highest BCUT2D eigenvalue weighted by Crippen LogP contribution is 2.12. The first-order chi connectivity index (χ1) is 7.24. The zero-order valence-corrected chi connectivity index (χ0v) is 9.32. The van der Waals surface area contributed by atoms with Gasteiger partial charge in [-0.2, -0.15) is 0 Å². The molecule has 1 aliphatic rings. The molecule has 0 amide bonds. The van der Waals surface area contributed by atoms with E-state index in [0.29, 0.717) is 6.54 Å². The van der Waals surface area contributed by atoms with Gasteiger partial charge in [0, 0.05) is 31.5 Å². The number of alkyl halides is 1. The maximum absolute atomic E-state index is 13.5. The summed E-state index contributed by atoms with van der Waals surface area (Å²) in [5.74, 6) is 0. The summed E-state index contributed by atoms with van der Waals surface area (Å²) in [4.78, 5) is 5.91. The van der Waals surface area contributed by atoms with Crippen LogP contribution in [0.15, 0.2) is 17.8 Å². The van der Waals surface area contributed by atoms with E-state index in [-0.39, 0.29) is 6.04 Å². The molecule has 0 saturated carbocycles. The molecule has 0 aromatic heterocycles. The van der Waals surface area contributed by atoms with Gasteiger partial charge in [0.25, 0.3) is 0 Å². The van der Waals surface area contributed by atoms with Gasteiger partial charge in [0.05, 0.1) is 0 Å². The molecular weight excluding hydrogens is 193 g/mol. The van der Waals surface area contributed by atoms with E-state index in [2.05, 4.69) is 16.9 Å². The quantitative estimate of drug-likeness (QED) is 0.549. The van der Waals surface area contributed by atoms with Crippen molar-refractivity contribution in [3.8, 4) is 0 Å². The molecule has 0 spiro atoms. The maximum atomic E-state index is 13.5. The normalized spacial score (nSPS) is 28.4. The number of nitrogens with one attached hydrogen (secondary N) is 1. The maximum Gasteiger partial charge on any atom is 0.128 e. The molecule has 15 heavy (non-hydrogen) atoms. The minimum Gasteiger partial charge on any atom is -0.311 e. The fourth-order valence-corrected chi connectivity index (χ4v) is 1.77. The van der Waals surface area contributed by atoms with Crippen molar-refractivity contribution in [1.29, 1.82) is 0 Å². The van der Waals surface area contributed by atoms with Crippen molar-refractivity contribution in [2.45, 2.75) is 25.1 Å². The van der Waals surface area contributed by atoms with Gasteiger partial charge in [-0.25, -0.2) is 4.39 Å². The van der Waals surface area contributed by atoms with Crippen molar-refractivity contribution >= 4 is 6.21 Å². The second-order valence-electron chi connectivity index (χ2n) is 3.93. The van der Waals surface area contributed by atoms with Gasteiger partial charge in [0.15, 0.2) is 0 Å². The summed E-state index contributed by atoms with van der Waals surface area (Å²) in [7, 11) is 1.96. The third-order valence-electron chi connectivity index (χ3n) is 2.64. The topological polar surface area (TPSA) is 27.6 Å². The second kappa shape index (κ2) is 6.69. The van der Waals surface area contributed by atoms with Crippen LogP contribution in [0.5, 0.6) is 0 Å². The molecule has 1 fully saturated rings. The molecular formula is C11H20FN3. The molecule has 0 radical (unpaired) electrons. The average molecular weight is 213 g/mol. The average Bonchev–Trinajstić information content (AvgIpc) is 2.20. The largest absolute Gasteiger partial charge is 0.311 e. The molecule has 2 atom stereocenters. The lowest BCUT2D eigenvalue weighted by molar-refractivity contribution is 0.123. The molecule has 0 aromatic carbocycles. The van der Waals surface area contributed by atoms with Gasteiger partial charge in [-0.15, -0.1) is 0 Å². The number of nitrogens with zero attached hydrogens (tertiary/aromatic N) is 2. The monoisotopic (exact) mass is 213 g/mol. The highest BCUT2D eigenvalue weighted by atomic mass is 19.1. The first-order valence-corrected chi connectivity index (χ1v) is 5.42. The molecule has 2 unspecified atom stereocenters. The van der Waals surface area contributed by atoms with Gasteiger partial charge >= 0.3 is 0 Å². The van der Waals surface area contributed by atoms with Crippen LogP contribution >= 0.6 is 0 Å². The van der Waals surface area contributed by atoms with E-state index in [1.54, 1.807) is 6.21 Å². The summed E-state index contributed by atoms with van der Waals surface area (Å²) in [6.07, 6.45) is 4.26.